The van der Waals surface area contributed by atoms with Crippen molar-refractivity contribution in [3.05, 3.63) is 28.3 Å². The standard InChI is InChI=1S/C17H27N3O6S/c1-12(2)13(3)18-17(21)7-6-10-19(27(5,24)25)15-11-14(20(22)23)8-9-16(15)26-4/h8-9,11-13H,6-7,10H2,1-5H3,(H,18,21). The third-order valence-corrected chi connectivity index (χ3v) is 5.38. The minimum Gasteiger partial charge on any atom is -0.495 e. The van der Waals surface area contributed by atoms with Gasteiger partial charge in [-0.15, -0.1) is 0 Å². The first-order chi connectivity index (χ1) is 12.5. The van der Waals surface area contributed by atoms with E-state index in [4.69, 9.17) is 4.74 Å². The van der Waals surface area contributed by atoms with Gasteiger partial charge in [-0.2, -0.15) is 0 Å². The number of amides is 1. The molecule has 0 bridgehead atoms. The van der Waals surface area contributed by atoms with Gasteiger partial charge in [-0.25, -0.2) is 8.42 Å². The number of carbonyl (C=O) groups excluding carboxylic acids is 1. The summed E-state index contributed by atoms with van der Waals surface area (Å²) in [5.74, 6) is 0.315. The van der Waals surface area contributed by atoms with Crippen LogP contribution in [0, 0.1) is 16.0 Å². The zero-order valence-electron chi connectivity index (χ0n) is 16.3. The van der Waals surface area contributed by atoms with Crippen LogP contribution < -0.4 is 14.4 Å². The van der Waals surface area contributed by atoms with Crippen molar-refractivity contribution in [3.63, 3.8) is 0 Å². The highest BCUT2D eigenvalue weighted by Crippen LogP contribution is 2.33. The highest BCUT2D eigenvalue weighted by Gasteiger charge is 2.24. The molecule has 0 fully saturated rings. The van der Waals surface area contributed by atoms with Crippen molar-refractivity contribution < 1.29 is 22.9 Å². The summed E-state index contributed by atoms with van der Waals surface area (Å²) in [4.78, 5) is 22.4. The molecule has 9 nitrogen and oxygen atoms in total. The Hall–Kier alpha value is -2.36. The highest BCUT2D eigenvalue weighted by atomic mass is 32.2. The number of nitro groups is 1. The van der Waals surface area contributed by atoms with Crippen LogP contribution in [0.4, 0.5) is 11.4 Å². The topological polar surface area (TPSA) is 119 Å². The maximum absolute atomic E-state index is 12.2. The molecule has 27 heavy (non-hydrogen) atoms. The van der Waals surface area contributed by atoms with E-state index < -0.39 is 14.9 Å². The van der Waals surface area contributed by atoms with E-state index in [0.29, 0.717) is 0 Å². The molecule has 0 radical (unpaired) electrons. The van der Waals surface area contributed by atoms with Crippen LogP contribution in [0.1, 0.15) is 33.6 Å². The fraction of sp³-hybridized carbons (Fsp3) is 0.588. The molecule has 1 aromatic rings. The van der Waals surface area contributed by atoms with E-state index in [1.165, 1.54) is 19.2 Å². The van der Waals surface area contributed by atoms with Crippen molar-refractivity contribution in [1.82, 2.24) is 5.32 Å². The molecule has 1 unspecified atom stereocenters. The first-order valence-corrected chi connectivity index (χ1v) is 10.4. The predicted octanol–water partition coefficient (Wildman–Crippen LogP) is 2.31. The van der Waals surface area contributed by atoms with Gasteiger partial charge < -0.3 is 10.1 Å². The van der Waals surface area contributed by atoms with Gasteiger partial charge in [-0.1, -0.05) is 13.8 Å². The Morgan fingerprint density at radius 3 is 2.44 bits per heavy atom. The van der Waals surface area contributed by atoms with E-state index in [1.54, 1.807) is 0 Å². The number of carbonyl (C=O) groups is 1. The molecule has 0 aliphatic rings. The molecule has 0 aromatic heterocycles. The van der Waals surface area contributed by atoms with Gasteiger partial charge >= 0.3 is 0 Å². The largest absolute Gasteiger partial charge is 0.495 e. The van der Waals surface area contributed by atoms with Crippen molar-refractivity contribution >= 4 is 27.3 Å². The van der Waals surface area contributed by atoms with Crippen LogP contribution in [0.2, 0.25) is 0 Å². The lowest BCUT2D eigenvalue weighted by molar-refractivity contribution is -0.384. The second kappa shape index (κ2) is 9.54. The van der Waals surface area contributed by atoms with Crippen LogP contribution in [0.25, 0.3) is 0 Å². The number of sulfonamides is 1. The maximum Gasteiger partial charge on any atom is 0.271 e. The molecule has 1 N–H and O–H groups in total. The average Bonchev–Trinajstić information content (AvgIpc) is 2.56. The highest BCUT2D eigenvalue weighted by molar-refractivity contribution is 7.92. The summed E-state index contributed by atoms with van der Waals surface area (Å²) in [7, 11) is -2.38. The monoisotopic (exact) mass is 401 g/mol. The summed E-state index contributed by atoms with van der Waals surface area (Å²) in [5, 5.41) is 13.9. The molecule has 152 valence electrons. The molecule has 0 aliphatic carbocycles. The zero-order chi connectivity index (χ0) is 20.8. The predicted molar refractivity (Wildman–Crippen MR) is 104 cm³/mol. The Morgan fingerprint density at radius 2 is 1.96 bits per heavy atom. The first-order valence-electron chi connectivity index (χ1n) is 8.56. The van der Waals surface area contributed by atoms with E-state index in [9.17, 15) is 23.3 Å². The number of ether oxygens (including phenoxy) is 1. The van der Waals surface area contributed by atoms with Crippen molar-refractivity contribution in [1.29, 1.82) is 0 Å². The first kappa shape index (κ1) is 22.7. The molecule has 0 saturated carbocycles. The Kier molecular flexibility index (Phi) is 8.01. The van der Waals surface area contributed by atoms with Crippen molar-refractivity contribution in [2.45, 2.75) is 39.7 Å². The molecule has 1 rings (SSSR count). The molecular weight excluding hydrogens is 374 g/mol. The van der Waals surface area contributed by atoms with E-state index in [-0.39, 0.29) is 54.4 Å². The number of rotatable bonds is 10. The molecule has 0 heterocycles. The van der Waals surface area contributed by atoms with Gasteiger partial charge in [0.05, 0.1) is 18.3 Å². The summed E-state index contributed by atoms with van der Waals surface area (Å²) in [6.45, 7) is 5.88. The number of anilines is 1. The van der Waals surface area contributed by atoms with Crippen LogP contribution in [-0.2, 0) is 14.8 Å². The van der Waals surface area contributed by atoms with E-state index in [1.807, 2.05) is 20.8 Å². The van der Waals surface area contributed by atoms with Gasteiger partial charge in [0, 0.05) is 31.1 Å². The molecule has 1 atom stereocenters. The van der Waals surface area contributed by atoms with Crippen LogP contribution >= 0.6 is 0 Å². The summed E-state index contributed by atoms with van der Waals surface area (Å²) < 4.78 is 30.6. The van der Waals surface area contributed by atoms with Crippen LogP contribution in [0.15, 0.2) is 18.2 Å². The van der Waals surface area contributed by atoms with Gasteiger partial charge in [-0.05, 0) is 25.3 Å². The lowest BCUT2D eigenvalue weighted by atomic mass is 10.1. The normalized spacial score (nSPS) is 12.5. The maximum atomic E-state index is 12.2. The SMILES string of the molecule is COc1ccc([N+](=O)[O-])cc1N(CCCC(=O)NC(C)C(C)C)S(C)(=O)=O. The van der Waals surface area contributed by atoms with Gasteiger partial charge in [-0.3, -0.25) is 19.2 Å². The summed E-state index contributed by atoms with van der Waals surface area (Å²) in [5.41, 5.74) is -0.173. The second-order valence-corrected chi connectivity index (χ2v) is 8.56. The van der Waals surface area contributed by atoms with Crippen LogP contribution in [-0.4, -0.2) is 45.2 Å². The Labute approximate surface area is 159 Å². The van der Waals surface area contributed by atoms with E-state index in [0.717, 1.165) is 16.6 Å². The zero-order valence-corrected chi connectivity index (χ0v) is 17.1. The number of methoxy groups -OCH3 is 1. The third kappa shape index (κ3) is 6.70. The third-order valence-electron chi connectivity index (χ3n) is 4.20. The molecule has 1 aromatic carbocycles. The minimum atomic E-state index is -3.73. The minimum absolute atomic E-state index is 0.000158. The molecular formula is C17H27N3O6S. The molecule has 0 saturated heterocycles. The van der Waals surface area contributed by atoms with Crippen LogP contribution in [0.3, 0.4) is 0 Å². The van der Waals surface area contributed by atoms with Gasteiger partial charge in [0.2, 0.25) is 15.9 Å². The van der Waals surface area contributed by atoms with Gasteiger partial charge in [0.15, 0.2) is 0 Å². The molecule has 10 heteroatoms. The van der Waals surface area contributed by atoms with Crippen molar-refractivity contribution in [2.75, 3.05) is 24.2 Å². The smallest absolute Gasteiger partial charge is 0.271 e. The van der Waals surface area contributed by atoms with Crippen molar-refractivity contribution in [2.24, 2.45) is 5.92 Å². The Balaban J connectivity index is 2.97. The number of hydrogen-bond donors (Lipinski definition) is 1. The Bertz CT molecular complexity index is 779. The molecule has 1 amide bonds. The lowest BCUT2D eigenvalue weighted by Crippen LogP contribution is -2.37. The molecule has 0 aliphatic heterocycles. The van der Waals surface area contributed by atoms with E-state index in [2.05, 4.69) is 5.32 Å². The fourth-order valence-corrected chi connectivity index (χ4v) is 3.29. The lowest BCUT2D eigenvalue weighted by Gasteiger charge is -2.24. The second-order valence-electron chi connectivity index (χ2n) is 6.65. The Morgan fingerprint density at radius 1 is 1.33 bits per heavy atom. The summed E-state index contributed by atoms with van der Waals surface area (Å²) >= 11 is 0. The number of nitrogens with one attached hydrogen (secondary N) is 1. The number of hydrogen-bond acceptors (Lipinski definition) is 6. The fourth-order valence-electron chi connectivity index (χ4n) is 2.33. The average molecular weight is 401 g/mol. The number of benzene rings is 1. The number of non-ortho nitro benzene ring substituents is 1. The number of nitrogens with zero attached hydrogens (tertiary/aromatic N) is 2. The summed E-state index contributed by atoms with van der Waals surface area (Å²) in [6, 6.07) is 3.76. The van der Waals surface area contributed by atoms with Gasteiger partial charge in [0.25, 0.3) is 5.69 Å². The molecule has 0 spiro atoms. The number of nitro benzene ring substituents is 1. The van der Waals surface area contributed by atoms with Gasteiger partial charge in [0.1, 0.15) is 11.4 Å². The quantitative estimate of drug-likeness (QED) is 0.475. The van der Waals surface area contributed by atoms with E-state index >= 15 is 0 Å². The summed E-state index contributed by atoms with van der Waals surface area (Å²) in [6.07, 6.45) is 1.40. The van der Waals surface area contributed by atoms with Crippen LogP contribution in [0.5, 0.6) is 5.75 Å². The van der Waals surface area contributed by atoms with Crippen molar-refractivity contribution in [3.8, 4) is 5.75 Å².